The van der Waals surface area contributed by atoms with E-state index in [1.165, 1.54) is 6.42 Å². The molecule has 0 saturated heterocycles. The zero-order valence-electron chi connectivity index (χ0n) is 8.31. The van der Waals surface area contributed by atoms with Crippen LogP contribution < -0.4 is 4.90 Å². The lowest BCUT2D eigenvalue weighted by Crippen LogP contribution is -2.36. The molecule has 74 valence electrons. The number of carbonyl (C=O) groups excluding carboxylic acids is 1. The number of aromatic nitrogens is 1. The van der Waals surface area contributed by atoms with Crippen LogP contribution in [0.25, 0.3) is 0 Å². The second kappa shape index (κ2) is 3.78. The van der Waals surface area contributed by atoms with Crippen LogP contribution >= 0.6 is 0 Å². The van der Waals surface area contributed by atoms with E-state index in [0.29, 0.717) is 0 Å². The minimum Gasteiger partial charge on any atom is -0.315 e. The first-order valence-corrected chi connectivity index (χ1v) is 4.96. The Labute approximate surface area is 83.8 Å². The van der Waals surface area contributed by atoms with Crippen molar-refractivity contribution in [2.24, 2.45) is 5.92 Å². The molecular formula is C11H14N2O. The van der Waals surface area contributed by atoms with Gasteiger partial charge in [-0.3, -0.25) is 9.78 Å². The first kappa shape index (κ1) is 9.19. The van der Waals surface area contributed by atoms with Crippen molar-refractivity contribution in [2.45, 2.75) is 19.3 Å². The number of hydrogen-bond donors (Lipinski definition) is 0. The van der Waals surface area contributed by atoms with Gasteiger partial charge >= 0.3 is 0 Å². The van der Waals surface area contributed by atoms with Crippen LogP contribution in [0.4, 0.5) is 5.69 Å². The average Bonchev–Trinajstić information content (AvgIpc) is 2.15. The monoisotopic (exact) mass is 190 g/mol. The van der Waals surface area contributed by atoms with Crippen LogP contribution in [-0.4, -0.2) is 17.9 Å². The van der Waals surface area contributed by atoms with Gasteiger partial charge in [-0.2, -0.15) is 0 Å². The van der Waals surface area contributed by atoms with Gasteiger partial charge in [0.05, 0.1) is 0 Å². The Morgan fingerprint density at radius 3 is 2.57 bits per heavy atom. The maximum Gasteiger partial charge on any atom is 0.229 e. The van der Waals surface area contributed by atoms with Gasteiger partial charge in [-0.15, -0.1) is 0 Å². The molecule has 0 aliphatic heterocycles. The van der Waals surface area contributed by atoms with E-state index in [-0.39, 0.29) is 11.8 Å². The number of anilines is 1. The highest BCUT2D eigenvalue weighted by Crippen LogP contribution is 2.29. The average molecular weight is 190 g/mol. The molecule has 3 nitrogen and oxygen atoms in total. The molecule has 0 radical (unpaired) electrons. The maximum absolute atomic E-state index is 11.8. The van der Waals surface area contributed by atoms with Crippen molar-refractivity contribution in [1.29, 1.82) is 0 Å². The summed E-state index contributed by atoms with van der Waals surface area (Å²) in [4.78, 5) is 17.5. The van der Waals surface area contributed by atoms with Crippen LogP contribution in [0.3, 0.4) is 0 Å². The van der Waals surface area contributed by atoms with Crippen molar-refractivity contribution in [3.63, 3.8) is 0 Å². The van der Waals surface area contributed by atoms with Crippen molar-refractivity contribution >= 4 is 11.6 Å². The fraction of sp³-hybridized carbons (Fsp3) is 0.455. The van der Waals surface area contributed by atoms with Crippen molar-refractivity contribution in [1.82, 2.24) is 4.98 Å². The van der Waals surface area contributed by atoms with Crippen molar-refractivity contribution in [3.05, 3.63) is 24.5 Å². The standard InChI is InChI=1S/C11H14N2O/c1-13(10-5-7-12-8-6-10)11(14)9-3-2-4-9/h5-9H,2-4H2,1H3. The fourth-order valence-electron chi connectivity index (χ4n) is 1.62. The Bertz CT molecular complexity index is 319. The summed E-state index contributed by atoms with van der Waals surface area (Å²) in [5.41, 5.74) is 0.928. The van der Waals surface area contributed by atoms with Gasteiger partial charge in [0.25, 0.3) is 0 Å². The van der Waals surface area contributed by atoms with Crippen LogP contribution in [0.5, 0.6) is 0 Å². The van der Waals surface area contributed by atoms with Gasteiger partial charge in [-0.25, -0.2) is 0 Å². The molecule has 1 saturated carbocycles. The summed E-state index contributed by atoms with van der Waals surface area (Å²) in [7, 11) is 1.83. The van der Waals surface area contributed by atoms with E-state index in [1.54, 1.807) is 17.3 Å². The molecule has 1 aliphatic rings. The zero-order valence-corrected chi connectivity index (χ0v) is 8.31. The lowest BCUT2D eigenvalue weighted by atomic mass is 9.84. The number of carbonyl (C=O) groups is 1. The molecule has 1 fully saturated rings. The topological polar surface area (TPSA) is 33.2 Å². The molecule has 1 aromatic heterocycles. The Hall–Kier alpha value is -1.38. The fourth-order valence-corrected chi connectivity index (χ4v) is 1.62. The summed E-state index contributed by atoms with van der Waals surface area (Å²) in [6.45, 7) is 0. The Balaban J connectivity index is 2.07. The summed E-state index contributed by atoms with van der Waals surface area (Å²) < 4.78 is 0. The van der Waals surface area contributed by atoms with Crippen molar-refractivity contribution in [3.8, 4) is 0 Å². The maximum atomic E-state index is 11.8. The summed E-state index contributed by atoms with van der Waals surface area (Å²) >= 11 is 0. The number of pyridine rings is 1. The number of amides is 1. The van der Waals surface area contributed by atoms with Gasteiger partial charge in [0.15, 0.2) is 0 Å². The molecule has 0 unspecified atom stereocenters. The Kier molecular flexibility index (Phi) is 2.48. The van der Waals surface area contributed by atoms with Crippen LogP contribution in [0.2, 0.25) is 0 Å². The van der Waals surface area contributed by atoms with E-state index in [9.17, 15) is 4.79 Å². The molecule has 3 heteroatoms. The molecule has 1 heterocycles. The van der Waals surface area contributed by atoms with Gasteiger partial charge in [-0.1, -0.05) is 6.42 Å². The summed E-state index contributed by atoms with van der Waals surface area (Å²) in [6, 6.07) is 3.72. The lowest BCUT2D eigenvalue weighted by Gasteiger charge is -2.29. The highest BCUT2D eigenvalue weighted by Gasteiger charge is 2.28. The predicted octanol–water partition coefficient (Wildman–Crippen LogP) is 1.84. The molecule has 2 rings (SSSR count). The van der Waals surface area contributed by atoms with Crippen molar-refractivity contribution < 1.29 is 4.79 Å². The summed E-state index contributed by atoms with van der Waals surface area (Å²) in [6.07, 6.45) is 6.71. The van der Waals surface area contributed by atoms with Gasteiger partial charge in [0.2, 0.25) is 5.91 Å². The molecule has 0 bridgehead atoms. The Morgan fingerprint density at radius 2 is 2.07 bits per heavy atom. The first-order valence-electron chi connectivity index (χ1n) is 4.96. The smallest absolute Gasteiger partial charge is 0.229 e. The molecule has 0 atom stereocenters. The molecule has 14 heavy (non-hydrogen) atoms. The first-order chi connectivity index (χ1) is 6.79. The normalized spacial score (nSPS) is 16.1. The largest absolute Gasteiger partial charge is 0.315 e. The molecular weight excluding hydrogens is 176 g/mol. The molecule has 0 N–H and O–H groups in total. The lowest BCUT2D eigenvalue weighted by molar-refractivity contribution is -0.124. The minimum atomic E-state index is 0.238. The molecule has 0 spiro atoms. The second-order valence-corrected chi connectivity index (χ2v) is 3.73. The van der Waals surface area contributed by atoms with E-state index >= 15 is 0 Å². The van der Waals surface area contributed by atoms with Crippen LogP contribution in [-0.2, 0) is 4.79 Å². The van der Waals surface area contributed by atoms with Crippen molar-refractivity contribution in [2.75, 3.05) is 11.9 Å². The third kappa shape index (κ3) is 1.62. The van der Waals surface area contributed by atoms with E-state index < -0.39 is 0 Å². The zero-order chi connectivity index (χ0) is 9.97. The minimum absolute atomic E-state index is 0.238. The molecule has 1 aromatic rings. The van der Waals surface area contributed by atoms with Gasteiger partial charge in [0.1, 0.15) is 0 Å². The quantitative estimate of drug-likeness (QED) is 0.713. The van der Waals surface area contributed by atoms with E-state index in [2.05, 4.69) is 4.98 Å². The number of hydrogen-bond acceptors (Lipinski definition) is 2. The Morgan fingerprint density at radius 1 is 1.43 bits per heavy atom. The third-order valence-corrected chi connectivity index (χ3v) is 2.84. The van der Waals surface area contributed by atoms with E-state index in [0.717, 1.165) is 18.5 Å². The second-order valence-electron chi connectivity index (χ2n) is 3.73. The van der Waals surface area contributed by atoms with Gasteiger partial charge in [0, 0.05) is 31.0 Å². The molecule has 1 amide bonds. The van der Waals surface area contributed by atoms with E-state index in [1.807, 2.05) is 19.2 Å². The van der Waals surface area contributed by atoms with Crippen LogP contribution in [0.1, 0.15) is 19.3 Å². The highest BCUT2D eigenvalue weighted by molar-refractivity contribution is 5.94. The molecule has 1 aliphatic carbocycles. The van der Waals surface area contributed by atoms with Crippen LogP contribution in [0.15, 0.2) is 24.5 Å². The van der Waals surface area contributed by atoms with Crippen LogP contribution in [0, 0.1) is 5.92 Å². The SMILES string of the molecule is CN(C(=O)C1CCC1)c1ccncc1. The third-order valence-electron chi connectivity index (χ3n) is 2.84. The van der Waals surface area contributed by atoms with Gasteiger partial charge < -0.3 is 4.90 Å². The van der Waals surface area contributed by atoms with E-state index in [4.69, 9.17) is 0 Å². The predicted molar refractivity (Wildman–Crippen MR) is 55.0 cm³/mol. The summed E-state index contributed by atoms with van der Waals surface area (Å²) in [5.74, 6) is 0.496. The van der Waals surface area contributed by atoms with Gasteiger partial charge in [-0.05, 0) is 25.0 Å². The number of nitrogens with zero attached hydrogens (tertiary/aromatic N) is 2. The number of rotatable bonds is 2. The highest BCUT2D eigenvalue weighted by atomic mass is 16.2. The molecule has 0 aromatic carbocycles. The summed E-state index contributed by atoms with van der Waals surface area (Å²) in [5, 5.41) is 0.